The number of aliphatic imine (C=N–C) groups is 1. The van der Waals surface area contributed by atoms with Crippen LogP contribution in [0.15, 0.2) is 29.3 Å². The van der Waals surface area contributed by atoms with E-state index in [0.29, 0.717) is 6.54 Å². The first-order valence-corrected chi connectivity index (χ1v) is 10.1. The van der Waals surface area contributed by atoms with Gasteiger partial charge in [-0.3, -0.25) is 9.79 Å². The van der Waals surface area contributed by atoms with Crippen molar-refractivity contribution in [2.75, 3.05) is 33.3 Å². The smallest absolute Gasteiger partial charge is 0.253 e. The number of hydrogen-bond donors (Lipinski definition) is 2. The summed E-state index contributed by atoms with van der Waals surface area (Å²) in [5, 5.41) is 6.67. The number of nitrogens with one attached hydrogen (secondary N) is 2. The predicted octanol–water partition coefficient (Wildman–Crippen LogP) is 2.55. The van der Waals surface area contributed by atoms with Crippen molar-refractivity contribution in [3.05, 3.63) is 35.4 Å². The topological polar surface area (TPSA) is 66.0 Å². The molecular formula is C21H32N4O2. The van der Waals surface area contributed by atoms with Gasteiger partial charge in [0, 0.05) is 45.4 Å². The summed E-state index contributed by atoms with van der Waals surface area (Å²) in [5.74, 6) is 0.914. The first-order valence-electron chi connectivity index (χ1n) is 10.1. The molecule has 1 atom stereocenters. The van der Waals surface area contributed by atoms with Gasteiger partial charge in [0.2, 0.25) is 0 Å². The molecule has 6 nitrogen and oxygen atoms in total. The fourth-order valence-electron chi connectivity index (χ4n) is 3.70. The maximum atomic E-state index is 12.5. The first kappa shape index (κ1) is 19.7. The Labute approximate surface area is 162 Å². The van der Waals surface area contributed by atoms with E-state index in [2.05, 4.69) is 22.5 Å². The van der Waals surface area contributed by atoms with E-state index in [4.69, 9.17) is 4.74 Å². The van der Waals surface area contributed by atoms with Gasteiger partial charge in [-0.05, 0) is 56.7 Å². The summed E-state index contributed by atoms with van der Waals surface area (Å²) in [6, 6.07) is 7.88. The van der Waals surface area contributed by atoms with Gasteiger partial charge in [-0.2, -0.15) is 0 Å². The lowest BCUT2D eigenvalue weighted by atomic mass is 10.0. The van der Waals surface area contributed by atoms with Crippen molar-refractivity contribution in [1.29, 1.82) is 0 Å². The maximum absolute atomic E-state index is 12.5. The lowest BCUT2D eigenvalue weighted by molar-refractivity contribution is 0.0243. The van der Waals surface area contributed by atoms with Gasteiger partial charge in [0.1, 0.15) is 0 Å². The minimum Gasteiger partial charge on any atom is -0.373 e. The number of likely N-dealkylation sites (tertiary alicyclic amines) is 1. The molecule has 1 unspecified atom stereocenters. The van der Waals surface area contributed by atoms with Crippen molar-refractivity contribution in [3.8, 4) is 0 Å². The van der Waals surface area contributed by atoms with Crippen molar-refractivity contribution in [2.45, 2.75) is 51.2 Å². The Balaban J connectivity index is 1.47. The highest BCUT2D eigenvalue weighted by Gasteiger charge is 2.29. The third-order valence-corrected chi connectivity index (χ3v) is 5.46. The number of piperidine rings is 1. The molecular weight excluding hydrogens is 340 g/mol. The molecule has 1 amide bonds. The lowest BCUT2D eigenvalue weighted by Gasteiger charge is -2.26. The Morgan fingerprint density at radius 1 is 1.15 bits per heavy atom. The zero-order valence-corrected chi connectivity index (χ0v) is 16.6. The molecule has 2 aliphatic rings. The van der Waals surface area contributed by atoms with E-state index in [9.17, 15) is 4.79 Å². The molecule has 27 heavy (non-hydrogen) atoms. The quantitative estimate of drug-likeness (QED) is 0.616. The van der Waals surface area contributed by atoms with Crippen molar-refractivity contribution in [2.24, 2.45) is 4.99 Å². The molecule has 2 saturated heterocycles. The number of amides is 1. The lowest BCUT2D eigenvalue weighted by Crippen LogP contribution is -2.45. The molecule has 0 spiro atoms. The zero-order valence-electron chi connectivity index (χ0n) is 16.6. The second-order valence-electron chi connectivity index (χ2n) is 7.73. The third-order valence-electron chi connectivity index (χ3n) is 5.46. The highest BCUT2D eigenvalue weighted by molar-refractivity contribution is 5.94. The van der Waals surface area contributed by atoms with E-state index in [1.54, 1.807) is 7.05 Å². The molecule has 6 heteroatoms. The molecule has 0 aromatic heterocycles. The standard InChI is InChI=1S/C21H32N4O2/c1-21(11-6-14-27-21)16-24-20(22-2)23-15-17-7-9-18(10-8-17)19(26)25-12-4-3-5-13-25/h7-10H,3-6,11-16H2,1-2H3,(H2,22,23,24). The van der Waals surface area contributed by atoms with Gasteiger partial charge in [0.15, 0.2) is 5.96 Å². The van der Waals surface area contributed by atoms with Crippen molar-refractivity contribution >= 4 is 11.9 Å². The second kappa shape index (κ2) is 9.22. The summed E-state index contributed by atoms with van der Waals surface area (Å²) >= 11 is 0. The largest absolute Gasteiger partial charge is 0.373 e. The van der Waals surface area contributed by atoms with E-state index in [0.717, 1.165) is 69.0 Å². The number of ether oxygens (including phenoxy) is 1. The second-order valence-corrected chi connectivity index (χ2v) is 7.73. The minimum absolute atomic E-state index is 0.103. The van der Waals surface area contributed by atoms with Crippen LogP contribution in [0.4, 0.5) is 0 Å². The molecule has 2 fully saturated rings. The van der Waals surface area contributed by atoms with E-state index in [-0.39, 0.29) is 11.5 Å². The van der Waals surface area contributed by atoms with Gasteiger partial charge >= 0.3 is 0 Å². The molecule has 2 aliphatic heterocycles. The number of nitrogens with zero attached hydrogens (tertiary/aromatic N) is 2. The average molecular weight is 373 g/mol. The van der Waals surface area contributed by atoms with E-state index in [1.165, 1.54) is 6.42 Å². The SMILES string of the molecule is CN=C(NCc1ccc(C(=O)N2CCCCC2)cc1)NCC1(C)CCCO1. The Morgan fingerprint density at radius 2 is 1.89 bits per heavy atom. The molecule has 0 bridgehead atoms. The van der Waals surface area contributed by atoms with Crippen LogP contribution >= 0.6 is 0 Å². The van der Waals surface area contributed by atoms with Crippen molar-refractivity contribution < 1.29 is 9.53 Å². The number of carbonyl (C=O) groups excluding carboxylic acids is 1. The summed E-state index contributed by atoms with van der Waals surface area (Å²) in [7, 11) is 1.77. The van der Waals surface area contributed by atoms with Gasteiger partial charge in [-0.1, -0.05) is 12.1 Å². The van der Waals surface area contributed by atoms with E-state index >= 15 is 0 Å². The van der Waals surface area contributed by atoms with Crippen LogP contribution in [0.25, 0.3) is 0 Å². The van der Waals surface area contributed by atoms with E-state index < -0.39 is 0 Å². The molecule has 2 N–H and O–H groups in total. The molecule has 3 rings (SSSR count). The van der Waals surface area contributed by atoms with Crippen molar-refractivity contribution in [3.63, 3.8) is 0 Å². The maximum Gasteiger partial charge on any atom is 0.253 e. The Hall–Kier alpha value is -2.08. The Morgan fingerprint density at radius 3 is 2.52 bits per heavy atom. The fraction of sp³-hybridized carbons (Fsp3) is 0.619. The summed E-state index contributed by atoms with van der Waals surface area (Å²) in [6.07, 6.45) is 5.65. The van der Waals surface area contributed by atoms with Gasteiger partial charge < -0.3 is 20.3 Å². The third kappa shape index (κ3) is 5.45. The van der Waals surface area contributed by atoms with Gasteiger partial charge in [0.25, 0.3) is 5.91 Å². The highest BCUT2D eigenvalue weighted by Crippen LogP contribution is 2.23. The molecule has 2 heterocycles. The van der Waals surface area contributed by atoms with Crippen LogP contribution in [0.5, 0.6) is 0 Å². The van der Waals surface area contributed by atoms with Crippen LogP contribution in [-0.4, -0.2) is 55.7 Å². The van der Waals surface area contributed by atoms with Crippen LogP contribution in [-0.2, 0) is 11.3 Å². The number of hydrogen-bond acceptors (Lipinski definition) is 3. The highest BCUT2D eigenvalue weighted by atomic mass is 16.5. The molecule has 0 radical (unpaired) electrons. The van der Waals surface area contributed by atoms with Gasteiger partial charge in [0.05, 0.1) is 5.60 Å². The summed E-state index contributed by atoms with van der Waals surface area (Å²) in [6.45, 7) is 6.15. The van der Waals surface area contributed by atoms with E-state index in [1.807, 2.05) is 29.2 Å². The number of carbonyl (C=O) groups is 1. The van der Waals surface area contributed by atoms with Crippen molar-refractivity contribution in [1.82, 2.24) is 15.5 Å². The fourth-order valence-corrected chi connectivity index (χ4v) is 3.70. The molecule has 1 aromatic carbocycles. The Kier molecular flexibility index (Phi) is 6.72. The minimum atomic E-state index is -0.103. The van der Waals surface area contributed by atoms with Crippen LogP contribution in [0.3, 0.4) is 0 Å². The molecule has 148 valence electrons. The predicted molar refractivity (Wildman–Crippen MR) is 108 cm³/mol. The average Bonchev–Trinajstić information content (AvgIpc) is 3.15. The van der Waals surface area contributed by atoms with Crippen LogP contribution in [0, 0.1) is 0 Å². The summed E-state index contributed by atoms with van der Waals surface area (Å²) in [4.78, 5) is 18.8. The summed E-state index contributed by atoms with van der Waals surface area (Å²) < 4.78 is 5.80. The number of benzene rings is 1. The monoisotopic (exact) mass is 372 g/mol. The van der Waals surface area contributed by atoms with Crippen LogP contribution in [0.2, 0.25) is 0 Å². The molecule has 1 aromatic rings. The van der Waals surface area contributed by atoms with Gasteiger partial charge in [-0.25, -0.2) is 0 Å². The van der Waals surface area contributed by atoms with Gasteiger partial charge in [-0.15, -0.1) is 0 Å². The summed E-state index contributed by atoms with van der Waals surface area (Å²) in [5.41, 5.74) is 1.79. The first-order chi connectivity index (χ1) is 13.1. The van der Waals surface area contributed by atoms with Crippen LogP contribution < -0.4 is 10.6 Å². The number of guanidine groups is 1. The Bertz CT molecular complexity index is 645. The molecule has 0 aliphatic carbocycles. The zero-order chi connectivity index (χ0) is 19.1. The number of rotatable bonds is 5. The molecule has 0 saturated carbocycles. The normalized spacial score (nSPS) is 23.3. The van der Waals surface area contributed by atoms with Crippen LogP contribution in [0.1, 0.15) is 54.9 Å².